The van der Waals surface area contributed by atoms with Crippen molar-refractivity contribution in [1.29, 1.82) is 0 Å². The highest BCUT2D eigenvalue weighted by Crippen LogP contribution is 2.65. The molecule has 2 aliphatic carbocycles. The summed E-state index contributed by atoms with van der Waals surface area (Å²) in [5.41, 5.74) is 0. The molecule has 17 heavy (non-hydrogen) atoms. The van der Waals surface area contributed by atoms with Crippen molar-refractivity contribution >= 4 is 23.2 Å². The molecule has 0 radical (unpaired) electrons. The standard InChI is InChI=1S/C12H16Cl2N2O/c1-2-8-9(12(8,13)14)11-15-10(16-17-11)7-5-3-4-6-7/h7-9H,2-6H2,1H3. The van der Waals surface area contributed by atoms with Crippen LogP contribution in [0.5, 0.6) is 0 Å². The minimum absolute atomic E-state index is 0.0264. The molecule has 2 fully saturated rings. The van der Waals surface area contributed by atoms with Crippen molar-refractivity contribution in [2.45, 2.75) is 55.2 Å². The van der Waals surface area contributed by atoms with Crippen LogP contribution in [0.3, 0.4) is 0 Å². The van der Waals surface area contributed by atoms with Crippen LogP contribution < -0.4 is 0 Å². The second kappa shape index (κ2) is 4.13. The Morgan fingerprint density at radius 3 is 2.65 bits per heavy atom. The lowest BCUT2D eigenvalue weighted by Gasteiger charge is -1.99. The van der Waals surface area contributed by atoms with E-state index in [1.807, 2.05) is 0 Å². The number of aromatic nitrogens is 2. The van der Waals surface area contributed by atoms with Gasteiger partial charge in [-0.3, -0.25) is 0 Å². The Balaban J connectivity index is 1.77. The van der Waals surface area contributed by atoms with E-state index in [4.69, 9.17) is 27.7 Å². The minimum atomic E-state index is -0.700. The molecule has 1 aromatic rings. The molecule has 0 amide bonds. The van der Waals surface area contributed by atoms with Gasteiger partial charge >= 0.3 is 0 Å². The largest absolute Gasteiger partial charge is 0.339 e. The zero-order valence-electron chi connectivity index (χ0n) is 9.83. The first kappa shape index (κ1) is 11.8. The van der Waals surface area contributed by atoms with Gasteiger partial charge in [-0.15, -0.1) is 23.2 Å². The molecule has 0 saturated heterocycles. The van der Waals surface area contributed by atoms with Crippen LogP contribution in [0, 0.1) is 5.92 Å². The summed E-state index contributed by atoms with van der Waals surface area (Å²) in [6.07, 6.45) is 5.83. The molecule has 0 spiro atoms. The summed E-state index contributed by atoms with van der Waals surface area (Å²) >= 11 is 12.4. The summed E-state index contributed by atoms with van der Waals surface area (Å²) in [5.74, 6) is 2.24. The smallest absolute Gasteiger partial charge is 0.233 e. The Labute approximate surface area is 111 Å². The van der Waals surface area contributed by atoms with Gasteiger partial charge in [-0.25, -0.2) is 0 Å². The Kier molecular flexibility index (Phi) is 2.86. The monoisotopic (exact) mass is 274 g/mol. The molecule has 3 rings (SSSR count). The first-order valence-electron chi connectivity index (χ1n) is 6.36. The first-order chi connectivity index (χ1) is 8.14. The van der Waals surface area contributed by atoms with Crippen LogP contribution in [0.15, 0.2) is 4.52 Å². The number of hydrogen-bond donors (Lipinski definition) is 0. The van der Waals surface area contributed by atoms with Crippen molar-refractivity contribution in [2.24, 2.45) is 5.92 Å². The fraction of sp³-hybridized carbons (Fsp3) is 0.833. The predicted molar refractivity (Wildman–Crippen MR) is 66.5 cm³/mol. The summed E-state index contributed by atoms with van der Waals surface area (Å²) in [4.78, 5) is 4.50. The van der Waals surface area contributed by atoms with Crippen molar-refractivity contribution in [3.05, 3.63) is 11.7 Å². The highest BCUT2D eigenvalue weighted by Gasteiger charge is 2.65. The van der Waals surface area contributed by atoms with Gasteiger partial charge in [0.15, 0.2) is 5.82 Å². The van der Waals surface area contributed by atoms with E-state index in [1.165, 1.54) is 25.7 Å². The van der Waals surface area contributed by atoms with Crippen LogP contribution >= 0.6 is 23.2 Å². The third-order valence-corrected chi connectivity index (χ3v) is 5.12. The molecular weight excluding hydrogens is 259 g/mol. The summed E-state index contributed by atoms with van der Waals surface area (Å²) in [5, 5.41) is 4.09. The van der Waals surface area contributed by atoms with E-state index < -0.39 is 4.33 Å². The van der Waals surface area contributed by atoms with Crippen LogP contribution in [0.25, 0.3) is 0 Å². The molecule has 94 valence electrons. The summed E-state index contributed by atoms with van der Waals surface area (Å²) < 4.78 is 4.64. The van der Waals surface area contributed by atoms with Gasteiger partial charge in [0.05, 0.1) is 5.92 Å². The topological polar surface area (TPSA) is 38.9 Å². The number of rotatable bonds is 3. The van der Waals surface area contributed by atoms with Crippen molar-refractivity contribution in [3.63, 3.8) is 0 Å². The number of nitrogens with zero attached hydrogens (tertiary/aromatic N) is 2. The molecule has 1 heterocycles. The molecule has 0 bridgehead atoms. The molecule has 2 saturated carbocycles. The van der Waals surface area contributed by atoms with Gasteiger partial charge in [0, 0.05) is 11.8 Å². The number of alkyl halides is 2. The van der Waals surface area contributed by atoms with Crippen molar-refractivity contribution in [2.75, 3.05) is 0 Å². The Bertz CT molecular complexity index is 412. The number of hydrogen-bond acceptors (Lipinski definition) is 3. The maximum atomic E-state index is 6.21. The molecule has 0 aliphatic heterocycles. The van der Waals surface area contributed by atoms with Crippen molar-refractivity contribution < 1.29 is 4.52 Å². The summed E-state index contributed by atoms with van der Waals surface area (Å²) in [6, 6.07) is 0. The third-order valence-electron chi connectivity index (χ3n) is 4.09. The zero-order valence-corrected chi connectivity index (χ0v) is 11.3. The first-order valence-corrected chi connectivity index (χ1v) is 7.11. The van der Waals surface area contributed by atoms with Crippen LogP contribution in [-0.4, -0.2) is 14.5 Å². The fourth-order valence-corrected chi connectivity index (χ4v) is 3.88. The lowest BCUT2D eigenvalue weighted by Crippen LogP contribution is -1.96. The predicted octanol–water partition coefficient (Wildman–Crippen LogP) is 4.02. The van der Waals surface area contributed by atoms with Crippen LogP contribution in [0.1, 0.15) is 62.6 Å². The van der Waals surface area contributed by atoms with Gasteiger partial charge in [-0.05, 0) is 19.3 Å². The molecule has 3 nitrogen and oxygen atoms in total. The lowest BCUT2D eigenvalue weighted by molar-refractivity contribution is 0.366. The average molecular weight is 275 g/mol. The van der Waals surface area contributed by atoms with Crippen molar-refractivity contribution in [3.8, 4) is 0 Å². The molecule has 0 N–H and O–H groups in total. The summed E-state index contributed by atoms with van der Waals surface area (Å²) in [7, 11) is 0. The highest BCUT2D eigenvalue weighted by molar-refractivity contribution is 6.51. The summed E-state index contributed by atoms with van der Waals surface area (Å²) in [6.45, 7) is 2.08. The van der Waals surface area contributed by atoms with Crippen LogP contribution in [0.2, 0.25) is 0 Å². The minimum Gasteiger partial charge on any atom is -0.339 e. The molecule has 5 heteroatoms. The van der Waals surface area contributed by atoms with E-state index in [-0.39, 0.29) is 11.8 Å². The molecule has 1 aromatic heterocycles. The normalized spacial score (nSPS) is 31.9. The second-order valence-corrected chi connectivity index (χ2v) is 6.58. The fourth-order valence-electron chi connectivity index (χ4n) is 2.96. The van der Waals surface area contributed by atoms with Crippen LogP contribution in [0.4, 0.5) is 0 Å². The molecule has 2 atom stereocenters. The molecule has 0 aromatic carbocycles. The second-order valence-electron chi connectivity index (χ2n) is 5.14. The highest BCUT2D eigenvalue weighted by atomic mass is 35.5. The molecular formula is C12H16Cl2N2O. The van der Waals surface area contributed by atoms with Gasteiger partial charge in [0.1, 0.15) is 4.33 Å². The maximum absolute atomic E-state index is 6.21. The van der Waals surface area contributed by atoms with Gasteiger partial charge in [-0.2, -0.15) is 4.98 Å². The Morgan fingerprint density at radius 2 is 2.06 bits per heavy atom. The van der Waals surface area contributed by atoms with Gasteiger partial charge < -0.3 is 4.52 Å². The zero-order chi connectivity index (χ0) is 12.0. The molecule has 2 unspecified atom stereocenters. The van der Waals surface area contributed by atoms with E-state index in [1.54, 1.807) is 0 Å². The van der Waals surface area contributed by atoms with Gasteiger partial charge in [0.25, 0.3) is 0 Å². The quantitative estimate of drug-likeness (QED) is 0.782. The average Bonchev–Trinajstić information content (AvgIpc) is 2.79. The third kappa shape index (κ3) is 1.88. The van der Waals surface area contributed by atoms with E-state index in [0.717, 1.165) is 12.2 Å². The van der Waals surface area contributed by atoms with Crippen LogP contribution in [-0.2, 0) is 0 Å². The van der Waals surface area contributed by atoms with E-state index >= 15 is 0 Å². The Hall–Kier alpha value is -0.280. The van der Waals surface area contributed by atoms with E-state index in [9.17, 15) is 0 Å². The lowest BCUT2D eigenvalue weighted by atomic mass is 10.1. The van der Waals surface area contributed by atoms with E-state index in [2.05, 4.69) is 17.1 Å². The number of halogens is 2. The van der Waals surface area contributed by atoms with Crippen molar-refractivity contribution in [1.82, 2.24) is 10.1 Å². The van der Waals surface area contributed by atoms with Gasteiger partial charge in [0.2, 0.25) is 5.89 Å². The van der Waals surface area contributed by atoms with Gasteiger partial charge in [-0.1, -0.05) is 24.9 Å². The van der Waals surface area contributed by atoms with E-state index in [0.29, 0.717) is 11.8 Å². The Morgan fingerprint density at radius 1 is 1.35 bits per heavy atom. The SMILES string of the molecule is CCC1C(c2nc(C3CCCC3)no2)C1(Cl)Cl. The maximum Gasteiger partial charge on any atom is 0.233 e. The molecule has 2 aliphatic rings.